The molecule has 174 valence electrons. The van der Waals surface area contributed by atoms with Crippen LogP contribution in [0.5, 0.6) is 5.75 Å². The van der Waals surface area contributed by atoms with Gasteiger partial charge in [0.2, 0.25) is 16.0 Å². The zero-order chi connectivity index (χ0) is 23.6. The Kier molecular flexibility index (Phi) is 6.53. The van der Waals surface area contributed by atoms with Crippen molar-refractivity contribution in [1.82, 2.24) is 14.3 Å². The van der Waals surface area contributed by atoms with Crippen LogP contribution in [0.25, 0.3) is 0 Å². The summed E-state index contributed by atoms with van der Waals surface area (Å²) in [4.78, 5) is 11.6. The van der Waals surface area contributed by atoms with Crippen molar-refractivity contribution < 1.29 is 13.2 Å². The molecule has 0 radical (unpaired) electrons. The molecule has 0 saturated carbocycles. The van der Waals surface area contributed by atoms with Crippen molar-refractivity contribution in [2.75, 3.05) is 37.0 Å². The molecule has 1 aromatic heterocycles. The van der Waals surface area contributed by atoms with E-state index in [2.05, 4.69) is 10.3 Å². The van der Waals surface area contributed by atoms with Crippen molar-refractivity contribution >= 4 is 27.5 Å². The van der Waals surface area contributed by atoms with Gasteiger partial charge in [0.05, 0.1) is 12.0 Å². The van der Waals surface area contributed by atoms with E-state index in [0.717, 1.165) is 11.4 Å². The summed E-state index contributed by atoms with van der Waals surface area (Å²) in [6.07, 6.45) is 0. The molecule has 1 aliphatic heterocycles. The number of aromatic nitrogens is 2. The van der Waals surface area contributed by atoms with E-state index < -0.39 is 10.0 Å². The van der Waals surface area contributed by atoms with Crippen LogP contribution < -0.4 is 15.0 Å². The number of nitrogens with one attached hydrogen (secondary N) is 1. The molecule has 2 heterocycles. The van der Waals surface area contributed by atoms with Crippen LogP contribution in [0.1, 0.15) is 18.2 Å². The molecule has 33 heavy (non-hydrogen) atoms. The van der Waals surface area contributed by atoms with Gasteiger partial charge in [0.15, 0.2) is 0 Å². The fourth-order valence-corrected chi connectivity index (χ4v) is 5.52. The van der Waals surface area contributed by atoms with Crippen LogP contribution in [0, 0.1) is 13.8 Å². The van der Waals surface area contributed by atoms with Crippen molar-refractivity contribution in [3.63, 3.8) is 0 Å². The molecule has 1 saturated heterocycles. The largest absolute Gasteiger partial charge is 0.497 e. The molecule has 0 aliphatic carbocycles. The van der Waals surface area contributed by atoms with Gasteiger partial charge in [-0.05, 0) is 57.2 Å². The average molecular weight is 468 g/mol. The molecule has 4 rings (SSSR count). The van der Waals surface area contributed by atoms with E-state index in [9.17, 15) is 8.42 Å². The highest BCUT2D eigenvalue weighted by molar-refractivity contribution is 7.89. The van der Waals surface area contributed by atoms with Crippen LogP contribution in [-0.2, 0) is 10.0 Å². The zero-order valence-corrected chi connectivity index (χ0v) is 20.1. The number of piperazine rings is 1. The quantitative estimate of drug-likeness (QED) is 0.591. The lowest BCUT2D eigenvalue weighted by atomic mass is 10.2. The number of sulfonamides is 1. The minimum absolute atomic E-state index is 0.233. The monoisotopic (exact) mass is 467 g/mol. The van der Waals surface area contributed by atoms with Gasteiger partial charge in [-0.1, -0.05) is 17.7 Å². The normalized spacial score (nSPS) is 17.1. The lowest BCUT2D eigenvalue weighted by molar-refractivity contribution is 0.305. The molecule has 1 atom stereocenters. The van der Waals surface area contributed by atoms with Gasteiger partial charge in [0.1, 0.15) is 11.6 Å². The second kappa shape index (κ2) is 9.36. The van der Waals surface area contributed by atoms with Crippen LogP contribution in [0.15, 0.2) is 59.5 Å². The number of hydrogen-bond acceptors (Lipinski definition) is 7. The Hall–Kier alpha value is -3.17. The highest BCUT2D eigenvalue weighted by Crippen LogP contribution is 2.26. The fraction of sp³-hybridized carbons (Fsp3) is 0.333. The van der Waals surface area contributed by atoms with Crippen molar-refractivity contribution in [3.8, 4) is 5.75 Å². The minimum atomic E-state index is -3.60. The Morgan fingerprint density at radius 3 is 2.33 bits per heavy atom. The number of hydrogen-bond donors (Lipinski definition) is 1. The molecule has 0 amide bonds. The Morgan fingerprint density at radius 2 is 1.70 bits per heavy atom. The van der Waals surface area contributed by atoms with E-state index in [0.29, 0.717) is 37.1 Å². The molecule has 1 unspecified atom stereocenters. The molecule has 0 spiro atoms. The molecule has 9 heteroatoms. The van der Waals surface area contributed by atoms with Gasteiger partial charge in [-0.2, -0.15) is 9.29 Å². The lowest BCUT2D eigenvalue weighted by Gasteiger charge is -2.39. The van der Waals surface area contributed by atoms with Crippen LogP contribution in [0.3, 0.4) is 0 Å². The predicted octanol–water partition coefficient (Wildman–Crippen LogP) is 3.75. The third-order valence-electron chi connectivity index (χ3n) is 5.68. The van der Waals surface area contributed by atoms with Gasteiger partial charge in [-0.3, -0.25) is 0 Å². The molecule has 1 fully saturated rings. The molecular formula is C24H29N5O3S. The lowest BCUT2D eigenvalue weighted by Crippen LogP contribution is -2.54. The molecule has 3 aromatic rings. The van der Waals surface area contributed by atoms with Crippen LogP contribution in [-0.4, -0.2) is 55.5 Å². The van der Waals surface area contributed by atoms with Crippen molar-refractivity contribution in [1.29, 1.82) is 0 Å². The van der Waals surface area contributed by atoms with E-state index >= 15 is 0 Å². The zero-order valence-electron chi connectivity index (χ0n) is 19.3. The molecule has 8 nitrogen and oxygen atoms in total. The number of benzene rings is 2. The summed E-state index contributed by atoms with van der Waals surface area (Å²) in [5, 5.41) is 3.33. The fourth-order valence-electron chi connectivity index (χ4n) is 3.91. The first kappa shape index (κ1) is 23.0. The number of methoxy groups -OCH3 is 1. The summed E-state index contributed by atoms with van der Waals surface area (Å²) in [5.74, 6) is 1.93. The Labute approximate surface area is 195 Å². The van der Waals surface area contributed by atoms with Gasteiger partial charge in [-0.15, -0.1) is 0 Å². The third-order valence-corrected chi connectivity index (χ3v) is 7.71. The van der Waals surface area contributed by atoms with E-state index in [-0.39, 0.29) is 10.9 Å². The summed E-state index contributed by atoms with van der Waals surface area (Å²) in [6, 6.07) is 16.3. The molecule has 1 aliphatic rings. The van der Waals surface area contributed by atoms with Gasteiger partial charge >= 0.3 is 0 Å². The predicted molar refractivity (Wildman–Crippen MR) is 130 cm³/mol. The van der Waals surface area contributed by atoms with E-state index in [1.54, 1.807) is 35.7 Å². The number of nitrogens with zero attached hydrogens (tertiary/aromatic N) is 4. The average Bonchev–Trinajstić information content (AvgIpc) is 2.80. The molecular weight excluding hydrogens is 438 g/mol. The molecule has 2 aromatic carbocycles. The maximum absolute atomic E-state index is 13.2. The maximum atomic E-state index is 13.2. The molecule has 1 N–H and O–H groups in total. The number of anilines is 3. The summed E-state index contributed by atoms with van der Waals surface area (Å²) >= 11 is 0. The number of aryl methyl sites for hydroxylation is 2. The first-order chi connectivity index (χ1) is 15.8. The number of rotatable bonds is 6. The Bertz CT molecular complexity index is 1210. The smallest absolute Gasteiger partial charge is 0.243 e. The van der Waals surface area contributed by atoms with E-state index in [1.807, 2.05) is 56.0 Å². The summed E-state index contributed by atoms with van der Waals surface area (Å²) in [5.41, 5.74) is 2.99. The van der Waals surface area contributed by atoms with Gasteiger partial charge < -0.3 is 15.0 Å². The maximum Gasteiger partial charge on any atom is 0.243 e. The first-order valence-corrected chi connectivity index (χ1v) is 12.3. The summed E-state index contributed by atoms with van der Waals surface area (Å²) in [6.45, 7) is 7.25. The summed E-state index contributed by atoms with van der Waals surface area (Å²) in [7, 11) is -2.05. The van der Waals surface area contributed by atoms with Crippen molar-refractivity contribution in [2.45, 2.75) is 31.7 Å². The van der Waals surface area contributed by atoms with Gasteiger partial charge in [0.25, 0.3) is 0 Å². The number of ether oxygens (including phenoxy) is 1. The third kappa shape index (κ3) is 5.09. The summed E-state index contributed by atoms with van der Waals surface area (Å²) < 4.78 is 33.1. The Balaban J connectivity index is 1.50. The van der Waals surface area contributed by atoms with Crippen molar-refractivity contribution in [3.05, 3.63) is 65.9 Å². The highest BCUT2D eigenvalue weighted by atomic mass is 32.2. The standard InChI is InChI=1S/C24H29N5O3S/c1-17-5-7-20(8-6-17)26-23-15-18(2)25-24(27-23)28-13-14-29(19(3)16-28)33(30,31)22-11-9-21(32-4)10-12-22/h5-12,15,19H,13-14,16H2,1-4H3,(H,25,26,27). The SMILES string of the molecule is COc1ccc(S(=O)(=O)N2CCN(c3nc(C)cc(Nc4ccc(C)cc4)n3)CC2C)cc1. The van der Waals surface area contributed by atoms with E-state index in [4.69, 9.17) is 9.72 Å². The van der Waals surface area contributed by atoms with E-state index in [1.165, 1.54) is 5.56 Å². The van der Waals surface area contributed by atoms with Crippen LogP contribution >= 0.6 is 0 Å². The molecule has 0 bridgehead atoms. The topological polar surface area (TPSA) is 87.7 Å². The Morgan fingerprint density at radius 1 is 1.00 bits per heavy atom. The highest BCUT2D eigenvalue weighted by Gasteiger charge is 2.34. The minimum Gasteiger partial charge on any atom is -0.497 e. The second-order valence-corrected chi connectivity index (χ2v) is 10.2. The van der Waals surface area contributed by atoms with Crippen molar-refractivity contribution in [2.24, 2.45) is 0 Å². The van der Waals surface area contributed by atoms with Crippen LogP contribution in [0.2, 0.25) is 0 Å². The van der Waals surface area contributed by atoms with Gasteiger partial charge in [-0.25, -0.2) is 13.4 Å². The first-order valence-electron chi connectivity index (χ1n) is 10.9. The van der Waals surface area contributed by atoms with Crippen LogP contribution in [0.4, 0.5) is 17.5 Å². The second-order valence-electron chi connectivity index (χ2n) is 8.27. The van der Waals surface area contributed by atoms with Gasteiger partial charge in [0, 0.05) is 43.1 Å².